The monoisotopic (exact) mass is 194 g/mol. The first kappa shape index (κ1) is 9.63. The van der Waals surface area contributed by atoms with Crippen molar-refractivity contribution in [1.82, 2.24) is 0 Å². The van der Waals surface area contributed by atoms with Crippen molar-refractivity contribution in [3.63, 3.8) is 0 Å². The average molecular weight is 194 g/mol. The van der Waals surface area contributed by atoms with Gasteiger partial charge in [0.05, 0.1) is 0 Å². The van der Waals surface area contributed by atoms with Crippen molar-refractivity contribution in [2.45, 2.75) is 31.0 Å². The highest BCUT2D eigenvalue weighted by atomic mass is 19.4. The maximum absolute atomic E-state index is 11.8. The Kier molecular flexibility index (Phi) is 1.66. The fraction of sp³-hybridized carbons (Fsp3) is 1.00. The topological polar surface area (TPSA) is 12.5 Å². The molecule has 1 nitrogen and oxygen atoms in total. The lowest BCUT2D eigenvalue weighted by Crippen LogP contribution is -2.47. The molecule has 0 saturated carbocycles. The third kappa shape index (κ3) is 0.988. The molecule has 1 aliphatic rings. The van der Waals surface area contributed by atoms with Crippen molar-refractivity contribution in [3.05, 3.63) is 0 Å². The van der Waals surface area contributed by atoms with Gasteiger partial charge in [-0.05, 0) is 6.92 Å². The van der Waals surface area contributed by atoms with Gasteiger partial charge in [-0.3, -0.25) is 0 Å². The molecule has 1 fully saturated rings. The first-order valence-electron chi connectivity index (χ1n) is 2.94. The highest BCUT2D eigenvalue weighted by Gasteiger charge is 2.85. The molecule has 0 radical (unpaired) electrons. The Bertz CT molecular complexity index is 177. The molecule has 1 heterocycles. The van der Waals surface area contributed by atoms with Gasteiger partial charge in [0, 0.05) is 0 Å². The van der Waals surface area contributed by atoms with Crippen molar-refractivity contribution in [3.8, 4) is 0 Å². The van der Waals surface area contributed by atoms with Crippen molar-refractivity contribution in [2.24, 2.45) is 0 Å². The lowest BCUT2D eigenvalue weighted by Gasteiger charge is -2.19. The summed E-state index contributed by atoms with van der Waals surface area (Å²) in [5.74, 6) is 0. The van der Waals surface area contributed by atoms with Gasteiger partial charge in [0.25, 0.3) is 5.60 Å². The lowest BCUT2D eigenvalue weighted by molar-refractivity contribution is -0.292. The number of epoxide rings is 1. The highest BCUT2D eigenvalue weighted by molar-refractivity contribution is 5.11. The molecule has 1 unspecified atom stereocenters. The molecule has 1 aliphatic heterocycles. The van der Waals surface area contributed by atoms with E-state index in [1.54, 1.807) is 0 Å². The molecule has 0 aromatic rings. The van der Waals surface area contributed by atoms with Gasteiger partial charge in [0.15, 0.2) is 0 Å². The summed E-state index contributed by atoms with van der Waals surface area (Å²) in [6, 6.07) is 0. The quantitative estimate of drug-likeness (QED) is 0.425. The van der Waals surface area contributed by atoms with Crippen molar-refractivity contribution in [2.75, 3.05) is 0 Å². The molecule has 12 heavy (non-hydrogen) atoms. The average Bonchev–Trinajstić information content (AvgIpc) is 2.36. The van der Waals surface area contributed by atoms with Gasteiger partial charge in [0.2, 0.25) is 0 Å². The van der Waals surface area contributed by atoms with Crippen molar-refractivity contribution < 1.29 is 31.1 Å². The van der Waals surface area contributed by atoms with Gasteiger partial charge in [-0.15, -0.1) is 0 Å². The van der Waals surface area contributed by atoms with Gasteiger partial charge >= 0.3 is 12.4 Å². The van der Waals surface area contributed by atoms with Crippen LogP contribution in [0.2, 0.25) is 0 Å². The molecule has 0 amide bonds. The highest BCUT2D eigenvalue weighted by Crippen LogP contribution is 2.58. The maximum atomic E-state index is 11.8. The number of rotatable bonds is 0. The lowest BCUT2D eigenvalue weighted by atomic mass is 10.1. The van der Waals surface area contributed by atoms with Crippen LogP contribution in [0.5, 0.6) is 0 Å². The van der Waals surface area contributed by atoms with Crippen LogP contribution in [-0.4, -0.2) is 24.1 Å². The molecule has 1 saturated heterocycles. The first-order valence-corrected chi connectivity index (χ1v) is 2.94. The number of hydrogen-bond donors (Lipinski definition) is 0. The van der Waals surface area contributed by atoms with Crippen LogP contribution in [-0.2, 0) is 4.74 Å². The fourth-order valence-electron chi connectivity index (χ4n) is 1.00. The third-order valence-electron chi connectivity index (χ3n) is 1.72. The summed E-state index contributed by atoms with van der Waals surface area (Å²) in [5, 5.41) is 0. The van der Waals surface area contributed by atoms with Crippen LogP contribution in [0.1, 0.15) is 6.92 Å². The van der Waals surface area contributed by atoms with Gasteiger partial charge < -0.3 is 4.74 Å². The Labute approximate surface area is 63.3 Å². The fourth-order valence-corrected chi connectivity index (χ4v) is 1.00. The minimum absolute atomic E-state index is 0.737. The number of hydrogen-bond acceptors (Lipinski definition) is 1. The van der Waals surface area contributed by atoms with Crippen LogP contribution >= 0.6 is 0 Å². The number of halogens is 6. The molecule has 0 N–H and O–H groups in total. The SMILES string of the molecule is CC1OC1(C(F)(F)F)C(F)(F)F. The second-order valence-corrected chi connectivity index (χ2v) is 2.49. The predicted octanol–water partition coefficient (Wildman–Crippen LogP) is 2.27. The Morgan fingerprint density at radius 1 is 1.00 bits per heavy atom. The minimum atomic E-state index is -5.38. The van der Waals surface area contributed by atoms with E-state index in [0.29, 0.717) is 0 Å². The number of ether oxygens (including phenoxy) is 1. The third-order valence-corrected chi connectivity index (χ3v) is 1.72. The molecular formula is C5H4F6O. The molecule has 7 heteroatoms. The van der Waals surface area contributed by atoms with Crippen LogP contribution in [0.25, 0.3) is 0 Å². The summed E-state index contributed by atoms with van der Waals surface area (Å²) in [6.07, 6.45) is -12.6. The van der Waals surface area contributed by atoms with E-state index in [1.165, 1.54) is 0 Å². The molecule has 72 valence electrons. The van der Waals surface area contributed by atoms with E-state index >= 15 is 0 Å². The smallest absolute Gasteiger partial charge is 0.349 e. The molecule has 0 aromatic heterocycles. The molecule has 0 aliphatic carbocycles. The Morgan fingerprint density at radius 2 is 1.25 bits per heavy atom. The van der Waals surface area contributed by atoms with E-state index in [1.807, 2.05) is 0 Å². The summed E-state index contributed by atoms with van der Waals surface area (Å²) in [5.41, 5.74) is -3.92. The van der Waals surface area contributed by atoms with Crippen molar-refractivity contribution >= 4 is 0 Å². The van der Waals surface area contributed by atoms with E-state index in [4.69, 9.17) is 0 Å². The van der Waals surface area contributed by atoms with Crippen LogP contribution in [0, 0.1) is 0 Å². The van der Waals surface area contributed by atoms with Crippen LogP contribution in [0.15, 0.2) is 0 Å². The van der Waals surface area contributed by atoms with Crippen LogP contribution in [0.4, 0.5) is 26.3 Å². The molecule has 1 atom stereocenters. The summed E-state index contributed by atoms with van der Waals surface area (Å²) >= 11 is 0. The van der Waals surface area contributed by atoms with E-state index in [0.717, 1.165) is 6.92 Å². The number of alkyl halides is 6. The molecule has 0 spiro atoms. The zero-order valence-electron chi connectivity index (χ0n) is 5.75. The van der Waals surface area contributed by atoms with E-state index < -0.39 is 24.1 Å². The normalized spacial score (nSPS) is 28.8. The Balaban J connectivity index is 2.96. The molecule has 0 aromatic carbocycles. The Morgan fingerprint density at radius 3 is 1.25 bits per heavy atom. The first-order chi connectivity index (χ1) is 5.13. The van der Waals surface area contributed by atoms with Crippen molar-refractivity contribution in [1.29, 1.82) is 0 Å². The van der Waals surface area contributed by atoms with Crippen LogP contribution in [0.3, 0.4) is 0 Å². The van der Waals surface area contributed by atoms with E-state index in [2.05, 4.69) is 4.74 Å². The molecule has 0 bridgehead atoms. The predicted molar refractivity (Wildman–Crippen MR) is 25.4 cm³/mol. The van der Waals surface area contributed by atoms with E-state index in [-0.39, 0.29) is 0 Å². The van der Waals surface area contributed by atoms with Gasteiger partial charge in [-0.25, -0.2) is 0 Å². The zero-order valence-corrected chi connectivity index (χ0v) is 5.75. The summed E-state index contributed by atoms with van der Waals surface area (Å²) < 4.78 is 74.4. The van der Waals surface area contributed by atoms with Gasteiger partial charge in [-0.2, -0.15) is 26.3 Å². The largest absolute Gasteiger partial charge is 0.429 e. The standard InChI is InChI=1S/C5H4F6O/c1-2-3(12-2,4(6,7)8)5(9,10)11/h2H,1H3. The zero-order chi connectivity index (χ0) is 9.78. The second kappa shape index (κ2) is 2.07. The van der Waals surface area contributed by atoms with E-state index in [9.17, 15) is 26.3 Å². The van der Waals surface area contributed by atoms with Gasteiger partial charge in [0.1, 0.15) is 6.10 Å². The summed E-state index contributed by atoms with van der Waals surface area (Å²) in [4.78, 5) is 0. The second-order valence-electron chi connectivity index (χ2n) is 2.49. The summed E-state index contributed by atoms with van der Waals surface area (Å²) in [6.45, 7) is 0.737. The van der Waals surface area contributed by atoms with Gasteiger partial charge in [-0.1, -0.05) is 0 Å². The molecular weight excluding hydrogens is 190 g/mol. The van der Waals surface area contributed by atoms with Crippen LogP contribution < -0.4 is 0 Å². The molecule has 1 rings (SSSR count). The maximum Gasteiger partial charge on any atom is 0.429 e. The Hall–Kier alpha value is -0.460. The summed E-state index contributed by atoms with van der Waals surface area (Å²) in [7, 11) is 0. The minimum Gasteiger partial charge on any atom is -0.349 e.